The lowest BCUT2D eigenvalue weighted by molar-refractivity contribution is 0.149. The summed E-state index contributed by atoms with van der Waals surface area (Å²) in [5.74, 6) is 2.25. The zero-order chi connectivity index (χ0) is 18.5. The van der Waals surface area contributed by atoms with Gasteiger partial charge in [0.2, 0.25) is 0 Å². The molecule has 0 atom stereocenters. The van der Waals surface area contributed by atoms with Crippen LogP contribution in [-0.4, -0.2) is 42.5 Å². The predicted molar refractivity (Wildman–Crippen MR) is 103 cm³/mol. The van der Waals surface area contributed by atoms with Gasteiger partial charge in [0.1, 0.15) is 17.3 Å². The minimum absolute atomic E-state index is 0.111. The molecule has 1 aromatic heterocycles. The number of fused-ring (bicyclic) bond motifs is 2. The van der Waals surface area contributed by atoms with Crippen LogP contribution in [0.4, 0.5) is 0 Å². The van der Waals surface area contributed by atoms with Crippen molar-refractivity contribution < 1.29 is 13.2 Å². The summed E-state index contributed by atoms with van der Waals surface area (Å²) in [4.78, 5) is 6.89. The molecule has 27 heavy (non-hydrogen) atoms. The van der Waals surface area contributed by atoms with Gasteiger partial charge in [-0.25, -0.2) is 8.42 Å². The molecule has 7 heteroatoms. The Morgan fingerprint density at radius 3 is 2.52 bits per heavy atom. The Bertz CT molecular complexity index is 979. The van der Waals surface area contributed by atoms with Gasteiger partial charge in [-0.1, -0.05) is 18.2 Å². The molecule has 1 saturated carbocycles. The lowest BCUT2D eigenvalue weighted by atomic mass is 9.64. The van der Waals surface area contributed by atoms with Crippen LogP contribution in [0.1, 0.15) is 31.4 Å². The standard InChI is InChI=1S/C20H21N3O3S/c24-27(25)13-12-23-15-8-10-20(11-9-15,19(23)22-27)18-7-6-17(14-21-18)26-16-4-2-1-3-5-16/h1-7,14-15H,8-13H2. The third-order valence-corrected chi connectivity index (χ3v) is 7.12. The van der Waals surface area contributed by atoms with Crippen molar-refractivity contribution in [2.24, 2.45) is 4.40 Å². The van der Waals surface area contributed by atoms with E-state index in [0.717, 1.165) is 37.1 Å². The second-order valence-corrected chi connectivity index (χ2v) is 9.26. The first kappa shape index (κ1) is 16.7. The first-order valence-electron chi connectivity index (χ1n) is 9.35. The average molecular weight is 383 g/mol. The van der Waals surface area contributed by atoms with Crippen LogP contribution in [0, 0.1) is 0 Å². The minimum atomic E-state index is -3.38. The van der Waals surface area contributed by atoms with Gasteiger partial charge in [-0.05, 0) is 49.9 Å². The van der Waals surface area contributed by atoms with Crippen molar-refractivity contribution in [1.29, 1.82) is 0 Å². The van der Waals surface area contributed by atoms with Crippen LogP contribution in [0.3, 0.4) is 0 Å². The van der Waals surface area contributed by atoms with Gasteiger partial charge >= 0.3 is 0 Å². The van der Waals surface area contributed by atoms with Crippen LogP contribution in [0.15, 0.2) is 53.1 Å². The summed E-state index contributed by atoms with van der Waals surface area (Å²) >= 11 is 0. The number of para-hydroxylation sites is 1. The maximum absolute atomic E-state index is 12.2. The summed E-state index contributed by atoms with van der Waals surface area (Å²) < 4.78 is 34.4. The molecule has 0 radical (unpaired) electrons. The molecule has 4 aliphatic rings. The fourth-order valence-electron chi connectivity index (χ4n) is 4.62. The fourth-order valence-corrected chi connectivity index (χ4v) is 5.68. The molecule has 1 aliphatic carbocycles. The van der Waals surface area contributed by atoms with E-state index in [1.54, 1.807) is 6.20 Å². The van der Waals surface area contributed by atoms with E-state index in [9.17, 15) is 8.42 Å². The molecule has 140 valence electrons. The molecule has 2 aromatic rings. The van der Waals surface area contributed by atoms with E-state index in [2.05, 4.69) is 14.3 Å². The van der Waals surface area contributed by atoms with E-state index in [-0.39, 0.29) is 5.75 Å². The second-order valence-electron chi connectivity index (χ2n) is 7.50. The Kier molecular flexibility index (Phi) is 3.75. The highest BCUT2D eigenvalue weighted by atomic mass is 32.2. The number of piperidine rings is 2. The quantitative estimate of drug-likeness (QED) is 0.814. The molecule has 3 fully saturated rings. The summed E-state index contributed by atoms with van der Waals surface area (Å²) in [5, 5.41) is 0. The molecule has 6 rings (SSSR count). The maximum Gasteiger partial charge on any atom is 0.256 e. The fraction of sp³-hybridized carbons (Fsp3) is 0.400. The first-order chi connectivity index (χ1) is 13.1. The zero-order valence-electron chi connectivity index (χ0n) is 14.9. The zero-order valence-corrected chi connectivity index (χ0v) is 15.7. The van der Waals surface area contributed by atoms with E-state index in [0.29, 0.717) is 24.2 Å². The molecule has 0 amide bonds. The SMILES string of the molecule is O=S1(=O)CCN2C(=N1)C1(c3ccc(Oc4ccccc4)cn3)CCC2CC1. The molecule has 0 spiro atoms. The number of rotatable bonds is 3. The number of amidine groups is 1. The number of ether oxygens (including phenoxy) is 1. The third-order valence-electron chi connectivity index (χ3n) is 5.97. The largest absolute Gasteiger partial charge is 0.456 e. The van der Waals surface area contributed by atoms with Crippen LogP contribution in [0.5, 0.6) is 11.5 Å². The summed E-state index contributed by atoms with van der Waals surface area (Å²) in [5.41, 5.74) is 0.495. The Hall–Kier alpha value is -2.41. The topological polar surface area (TPSA) is 71.9 Å². The van der Waals surface area contributed by atoms with Crippen molar-refractivity contribution in [2.75, 3.05) is 12.3 Å². The molecular formula is C20H21N3O3S. The highest BCUT2D eigenvalue weighted by Gasteiger charge is 2.53. The first-order valence-corrected chi connectivity index (χ1v) is 11.0. The summed E-state index contributed by atoms with van der Waals surface area (Å²) in [6.07, 6.45) is 5.63. The van der Waals surface area contributed by atoms with E-state index in [1.165, 1.54) is 0 Å². The summed E-state index contributed by atoms with van der Waals surface area (Å²) in [6, 6.07) is 13.9. The Morgan fingerprint density at radius 2 is 1.81 bits per heavy atom. The number of hydrogen-bond donors (Lipinski definition) is 0. The number of hydrogen-bond acceptors (Lipinski definition) is 5. The van der Waals surface area contributed by atoms with E-state index >= 15 is 0 Å². The Labute approximate surface area is 159 Å². The van der Waals surface area contributed by atoms with Gasteiger partial charge in [0.15, 0.2) is 0 Å². The van der Waals surface area contributed by atoms with Gasteiger partial charge in [0.05, 0.1) is 23.1 Å². The molecule has 1 aromatic carbocycles. The van der Waals surface area contributed by atoms with Crippen LogP contribution in [-0.2, 0) is 15.4 Å². The van der Waals surface area contributed by atoms with Gasteiger partial charge in [-0.15, -0.1) is 4.40 Å². The minimum Gasteiger partial charge on any atom is -0.456 e. The molecule has 2 bridgehead atoms. The van der Waals surface area contributed by atoms with E-state index in [1.807, 2.05) is 42.5 Å². The van der Waals surface area contributed by atoms with Crippen molar-refractivity contribution in [3.63, 3.8) is 0 Å². The summed E-state index contributed by atoms with van der Waals surface area (Å²) in [6.45, 7) is 0.544. The van der Waals surface area contributed by atoms with Crippen LogP contribution >= 0.6 is 0 Å². The van der Waals surface area contributed by atoms with Crippen molar-refractivity contribution in [1.82, 2.24) is 9.88 Å². The predicted octanol–water partition coefficient (Wildman–Crippen LogP) is 3.11. The molecule has 0 unspecified atom stereocenters. The number of aromatic nitrogens is 1. The Morgan fingerprint density at radius 1 is 1.04 bits per heavy atom. The average Bonchev–Trinajstić information content (AvgIpc) is 2.69. The van der Waals surface area contributed by atoms with Crippen molar-refractivity contribution >= 4 is 15.9 Å². The lowest BCUT2D eigenvalue weighted by Crippen LogP contribution is -2.63. The lowest BCUT2D eigenvalue weighted by Gasteiger charge is -2.54. The van der Waals surface area contributed by atoms with Crippen LogP contribution in [0.25, 0.3) is 0 Å². The van der Waals surface area contributed by atoms with Crippen LogP contribution < -0.4 is 4.74 Å². The molecular weight excluding hydrogens is 362 g/mol. The van der Waals surface area contributed by atoms with Gasteiger partial charge < -0.3 is 9.64 Å². The molecule has 2 saturated heterocycles. The van der Waals surface area contributed by atoms with Crippen molar-refractivity contribution in [3.8, 4) is 11.5 Å². The molecule has 0 N–H and O–H groups in total. The summed E-state index contributed by atoms with van der Waals surface area (Å²) in [7, 11) is -3.38. The van der Waals surface area contributed by atoms with E-state index in [4.69, 9.17) is 4.74 Å². The van der Waals surface area contributed by atoms with Crippen molar-refractivity contribution in [3.05, 3.63) is 54.4 Å². The number of sulfonamides is 1. The highest BCUT2D eigenvalue weighted by Crippen LogP contribution is 2.48. The Balaban J connectivity index is 1.50. The van der Waals surface area contributed by atoms with E-state index < -0.39 is 15.4 Å². The normalized spacial score (nSPS) is 28.4. The monoisotopic (exact) mass is 383 g/mol. The van der Waals surface area contributed by atoms with Gasteiger partial charge in [-0.3, -0.25) is 4.98 Å². The number of benzene rings is 1. The number of nitrogens with zero attached hydrogens (tertiary/aromatic N) is 3. The maximum atomic E-state index is 12.2. The molecule has 4 heterocycles. The van der Waals surface area contributed by atoms with Crippen LogP contribution in [0.2, 0.25) is 0 Å². The smallest absolute Gasteiger partial charge is 0.256 e. The van der Waals surface area contributed by atoms with Gasteiger partial charge in [0.25, 0.3) is 10.0 Å². The number of pyridine rings is 1. The molecule has 6 nitrogen and oxygen atoms in total. The third kappa shape index (κ3) is 2.81. The molecule has 3 aliphatic heterocycles. The van der Waals surface area contributed by atoms with Gasteiger partial charge in [-0.2, -0.15) is 0 Å². The highest BCUT2D eigenvalue weighted by molar-refractivity contribution is 7.90. The second kappa shape index (κ2) is 6.05. The van der Waals surface area contributed by atoms with Crippen molar-refractivity contribution in [2.45, 2.75) is 37.1 Å². The van der Waals surface area contributed by atoms with Gasteiger partial charge in [0, 0.05) is 12.6 Å².